The Balaban J connectivity index is 2.45. The van der Waals surface area contributed by atoms with Crippen molar-refractivity contribution in [1.29, 1.82) is 0 Å². The van der Waals surface area contributed by atoms with Crippen LogP contribution in [-0.4, -0.2) is 58.3 Å². The van der Waals surface area contributed by atoms with E-state index in [0.29, 0.717) is 0 Å². The van der Waals surface area contributed by atoms with Crippen LogP contribution >= 0.6 is 0 Å². The molecule has 4 atom stereocenters. The second-order valence-electron chi connectivity index (χ2n) is 3.92. The highest BCUT2D eigenvalue weighted by Gasteiger charge is 2.37. The van der Waals surface area contributed by atoms with Gasteiger partial charge in [-0.15, -0.1) is 0 Å². The van der Waals surface area contributed by atoms with Crippen LogP contribution in [0.4, 0.5) is 0 Å². The average Bonchev–Trinajstić information content (AvgIpc) is 2.68. The third-order valence-electron chi connectivity index (χ3n) is 2.42. The first-order valence-corrected chi connectivity index (χ1v) is 5.68. The van der Waals surface area contributed by atoms with Gasteiger partial charge in [-0.2, -0.15) is 0 Å². The second-order valence-corrected chi connectivity index (χ2v) is 3.92. The van der Waals surface area contributed by atoms with E-state index in [1.54, 1.807) is 13.0 Å². The number of ether oxygens (including phenoxy) is 2. The van der Waals surface area contributed by atoms with Crippen molar-refractivity contribution in [3.63, 3.8) is 0 Å². The van der Waals surface area contributed by atoms with Gasteiger partial charge in [0.2, 0.25) is 0 Å². The molecule has 0 aromatic carbocycles. The summed E-state index contributed by atoms with van der Waals surface area (Å²) in [4.78, 5) is 22.2. The van der Waals surface area contributed by atoms with Gasteiger partial charge >= 0.3 is 11.9 Å². The molecule has 0 aromatic rings. The van der Waals surface area contributed by atoms with Crippen LogP contribution in [0.25, 0.3) is 0 Å². The van der Waals surface area contributed by atoms with E-state index >= 15 is 0 Å². The molecule has 1 saturated heterocycles. The number of hydrogen-bond acceptors (Lipinski definition) is 7. The van der Waals surface area contributed by atoms with Crippen LogP contribution in [0.5, 0.6) is 0 Å². The molecule has 4 unspecified atom stereocenters. The van der Waals surface area contributed by atoms with Gasteiger partial charge in [0.15, 0.2) is 12.2 Å². The number of hydrogen-bond donors (Lipinski definition) is 3. The first kappa shape index (κ1) is 15.4. The third kappa shape index (κ3) is 4.47. The van der Waals surface area contributed by atoms with E-state index in [9.17, 15) is 24.9 Å². The Bertz CT molecular complexity index is 388. The number of aliphatic hydroxyl groups is 3. The zero-order chi connectivity index (χ0) is 14.4. The monoisotopic (exact) mass is 272 g/mol. The number of carbonyl (C=O) groups excluding carboxylic acids is 2. The fourth-order valence-electron chi connectivity index (χ4n) is 1.38. The highest BCUT2D eigenvalue weighted by atomic mass is 16.6. The Labute approximate surface area is 109 Å². The maximum absolute atomic E-state index is 11.3. The minimum absolute atomic E-state index is 0.205. The topological polar surface area (TPSA) is 113 Å². The number of cyclic esters (lactones) is 1. The Morgan fingerprint density at radius 1 is 1.42 bits per heavy atom. The SMILES string of the molecule is C/C=C/C(O)C(O)/C=C/C(=O)OC1COC(=O)C1O. The lowest BCUT2D eigenvalue weighted by Gasteiger charge is -2.11. The molecule has 1 aliphatic heterocycles. The summed E-state index contributed by atoms with van der Waals surface area (Å²) in [6.45, 7) is 1.47. The van der Waals surface area contributed by atoms with Crippen molar-refractivity contribution < 1.29 is 34.4 Å². The molecule has 19 heavy (non-hydrogen) atoms. The van der Waals surface area contributed by atoms with Crippen LogP contribution in [0, 0.1) is 0 Å². The molecule has 0 radical (unpaired) electrons. The number of rotatable bonds is 5. The van der Waals surface area contributed by atoms with Crippen molar-refractivity contribution in [2.45, 2.75) is 31.3 Å². The van der Waals surface area contributed by atoms with Gasteiger partial charge in [-0.1, -0.05) is 12.2 Å². The summed E-state index contributed by atoms with van der Waals surface area (Å²) in [5, 5.41) is 28.0. The predicted octanol–water partition coefficient (Wildman–Crippen LogP) is -1.33. The molecule has 1 aliphatic rings. The van der Waals surface area contributed by atoms with Gasteiger partial charge in [0.1, 0.15) is 18.8 Å². The lowest BCUT2D eigenvalue weighted by atomic mass is 10.2. The van der Waals surface area contributed by atoms with Crippen LogP contribution in [0.2, 0.25) is 0 Å². The molecule has 0 spiro atoms. The lowest BCUT2D eigenvalue weighted by Crippen LogP contribution is -2.31. The van der Waals surface area contributed by atoms with Crippen LogP contribution in [0.3, 0.4) is 0 Å². The number of allylic oxidation sites excluding steroid dienone is 1. The maximum Gasteiger partial charge on any atom is 0.339 e. The van der Waals surface area contributed by atoms with Gasteiger partial charge in [-0.05, 0) is 13.0 Å². The Morgan fingerprint density at radius 3 is 2.58 bits per heavy atom. The first-order valence-electron chi connectivity index (χ1n) is 5.68. The van der Waals surface area contributed by atoms with Gasteiger partial charge < -0.3 is 24.8 Å². The molecular formula is C12H16O7. The van der Waals surface area contributed by atoms with E-state index in [4.69, 9.17) is 4.74 Å². The molecule has 0 saturated carbocycles. The first-order chi connectivity index (χ1) is 8.95. The number of esters is 2. The highest BCUT2D eigenvalue weighted by Crippen LogP contribution is 2.11. The van der Waals surface area contributed by atoms with Gasteiger partial charge in [-0.3, -0.25) is 0 Å². The molecule has 106 valence electrons. The van der Waals surface area contributed by atoms with Gasteiger partial charge in [-0.25, -0.2) is 9.59 Å². The molecule has 1 fully saturated rings. The Hall–Kier alpha value is -1.70. The van der Waals surface area contributed by atoms with E-state index in [2.05, 4.69) is 4.74 Å². The van der Waals surface area contributed by atoms with Gasteiger partial charge in [0.05, 0.1) is 0 Å². The molecule has 0 aromatic heterocycles. The summed E-state index contributed by atoms with van der Waals surface area (Å²) >= 11 is 0. The maximum atomic E-state index is 11.3. The Kier molecular flexibility index (Phi) is 5.68. The summed E-state index contributed by atoms with van der Waals surface area (Å²) in [5.74, 6) is -1.70. The fraction of sp³-hybridized carbons (Fsp3) is 0.500. The zero-order valence-corrected chi connectivity index (χ0v) is 10.3. The van der Waals surface area contributed by atoms with E-state index in [1.165, 1.54) is 6.08 Å². The molecule has 3 N–H and O–H groups in total. The van der Waals surface area contributed by atoms with Crippen molar-refractivity contribution in [2.24, 2.45) is 0 Å². The van der Waals surface area contributed by atoms with Crippen LogP contribution in [0.1, 0.15) is 6.92 Å². The molecule has 0 aliphatic carbocycles. The largest absolute Gasteiger partial charge is 0.460 e. The molecule has 0 bridgehead atoms. The molecule has 7 nitrogen and oxygen atoms in total. The zero-order valence-electron chi connectivity index (χ0n) is 10.3. The quantitative estimate of drug-likeness (QED) is 0.323. The highest BCUT2D eigenvalue weighted by molar-refractivity contribution is 5.83. The van der Waals surface area contributed by atoms with E-state index in [1.807, 2.05) is 0 Å². The van der Waals surface area contributed by atoms with Gasteiger partial charge in [0, 0.05) is 6.08 Å². The summed E-state index contributed by atoms with van der Waals surface area (Å²) in [6, 6.07) is 0. The predicted molar refractivity (Wildman–Crippen MR) is 62.8 cm³/mol. The standard InChI is InChI=1S/C12H16O7/c1-2-3-7(13)8(14)4-5-10(15)19-9-6-18-12(17)11(9)16/h2-5,7-9,11,13-14,16H,6H2,1H3/b3-2+,5-4+. The normalized spacial score (nSPS) is 26.6. The Morgan fingerprint density at radius 2 is 2.05 bits per heavy atom. The smallest absolute Gasteiger partial charge is 0.339 e. The molecular weight excluding hydrogens is 256 g/mol. The number of carbonyl (C=O) groups is 2. The molecule has 1 rings (SSSR count). The third-order valence-corrected chi connectivity index (χ3v) is 2.42. The van der Waals surface area contributed by atoms with Crippen molar-refractivity contribution in [2.75, 3.05) is 6.61 Å². The molecule has 7 heteroatoms. The van der Waals surface area contributed by atoms with Crippen molar-refractivity contribution in [3.8, 4) is 0 Å². The minimum atomic E-state index is -1.49. The lowest BCUT2D eigenvalue weighted by molar-refractivity contribution is -0.149. The average molecular weight is 272 g/mol. The molecule has 1 heterocycles. The van der Waals surface area contributed by atoms with Crippen molar-refractivity contribution in [1.82, 2.24) is 0 Å². The summed E-state index contributed by atoms with van der Waals surface area (Å²) < 4.78 is 9.24. The van der Waals surface area contributed by atoms with Crippen LogP contribution in [-0.2, 0) is 19.1 Å². The van der Waals surface area contributed by atoms with E-state index < -0.39 is 36.4 Å². The van der Waals surface area contributed by atoms with Gasteiger partial charge in [0.25, 0.3) is 0 Å². The van der Waals surface area contributed by atoms with Crippen molar-refractivity contribution in [3.05, 3.63) is 24.3 Å². The number of aliphatic hydroxyl groups excluding tert-OH is 3. The van der Waals surface area contributed by atoms with Crippen LogP contribution < -0.4 is 0 Å². The van der Waals surface area contributed by atoms with Crippen LogP contribution in [0.15, 0.2) is 24.3 Å². The van der Waals surface area contributed by atoms with E-state index in [-0.39, 0.29) is 6.61 Å². The fourth-order valence-corrected chi connectivity index (χ4v) is 1.38. The minimum Gasteiger partial charge on any atom is -0.460 e. The second kappa shape index (κ2) is 7.03. The summed E-state index contributed by atoms with van der Waals surface area (Å²) in [7, 11) is 0. The summed E-state index contributed by atoms with van der Waals surface area (Å²) in [6.07, 6.45) is -0.0562. The summed E-state index contributed by atoms with van der Waals surface area (Å²) in [5.41, 5.74) is 0. The van der Waals surface area contributed by atoms with Crippen molar-refractivity contribution >= 4 is 11.9 Å². The molecule has 0 amide bonds. The van der Waals surface area contributed by atoms with E-state index in [0.717, 1.165) is 12.2 Å².